The Morgan fingerprint density at radius 1 is 1.10 bits per heavy atom. The highest BCUT2D eigenvalue weighted by Gasteiger charge is 2.41. The summed E-state index contributed by atoms with van der Waals surface area (Å²) >= 11 is 5.81. The van der Waals surface area contributed by atoms with Gasteiger partial charge >= 0.3 is 0 Å². The highest BCUT2D eigenvalue weighted by molar-refractivity contribution is 7.80. The first-order valence-corrected chi connectivity index (χ1v) is 13.2. The molecule has 0 spiro atoms. The topological polar surface area (TPSA) is 91.7 Å². The normalized spacial score (nSPS) is 16.7. The van der Waals surface area contributed by atoms with Gasteiger partial charge in [0.25, 0.3) is 0 Å². The molecule has 5 rings (SSSR count). The first kappa shape index (κ1) is 26.2. The Bertz CT molecular complexity index is 1490. The number of amides is 1. The second-order valence-corrected chi connectivity index (χ2v) is 9.88. The summed E-state index contributed by atoms with van der Waals surface area (Å²) in [4.78, 5) is 19.7. The minimum absolute atomic E-state index is 0.128. The van der Waals surface area contributed by atoms with Crippen LogP contribution in [0.3, 0.4) is 0 Å². The van der Waals surface area contributed by atoms with Crippen LogP contribution in [-0.2, 0) is 4.79 Å². The van der Waals surface area contributed by atoms with Gasteiger partial charge in [0.15, 0.2) is 5.11 Å². The number of aryl methyl sites for hydroxylation is 1. The van der Waals surface area contributed by atoms with Crippen molar-refractivity contribution in [2.24, 2.45) is 0 Å². The maximum absolute atomic E-state index is 13.0. The van der Waals surface area contributed by atoms with Gasteiger partial charge < -0.3 is 29.9 Å². The molecule has 1 saturated heterocycles. The van der Waals surface area contributed by atoms with E-state index in [4.69, 9.17) is 17.0 Å². The fourth-order valence-electron chi connectivity index (χ4n) is 5.25. The summed E-state index contributed by atoms with van der Waals surface area (Å²) in [5.41, 5.74) is 5.67. The fraction of sp³-hybridized carbons (Fsp3) is 0.233. The van der Waals surface area contributed by atoms with E-state index >= 15 is 0 Å². The molecule has 200 valence electrons. The molecule has 1 aliphatic heterocycles. The molecule has 39 heavy (non-hydrogen) atoms. The predicted molar refractivity (Wildman–Crippen MR) is 155 cm³/mol. The quantitative estimate of drug-likeness (QED) is 0.264. The van der Waals surface area contributed by atoms with Gasteiger partial charge in [0.1, 0.15) is 11.5 Å². The lowest BCUT2D eigenvalue weighted by molar-refractivity contribution is -0.116. The lowest BCUT2D eigenvalue weighted by atomic mass is 9.96. The molecule has 0 unspecified atom stereocenters. The van der Waals surface area contributed by atoms with Crippen LogP contribution in [0.5, 0.6) is 11.5 Å². The maximum Gasteiger partial charge on any atom is 0.226 e. The molecule has 3 heterocycles. The summed E-state index contributed by atoms with van der Waals surface area (Å²) < 4.78 is 7.53. The highest BCUT2D eigenvalue weighted by atomic mass is 32.1. The van der Waals surface area contributed by atoms with Crippen molar-refractivity contribution in [3.05, 3.63) is 102 Å². The Labute approximate surface area is 233 Å². The number of methoxy groups -OCH3 is 1. The first-order valence-electron chi connectivity index (χ1n) is 12.8. The number of aromatic nitrogens is 2. The SMILES string of the molecule is COc1ccccc1NC(=O)CCN1C(=S)N[C@H](c2ccccn2)[C@@H]1c1cc(C)n(-c2ccc(O)cc2)c1C. The van der Waals surface area contributed by atoms with E-state index in [1.54, 1.807) is 25.4 Å². The van der Waals surface area contributed by atoms with E-state index in [-0.39, 0.29) is 30.2 Å². The molecular weight excluding hydrogens is 510 g/mol. The van der Waals surface area contributed by atoms with E-state index < -0.39 is 0 Å². The first-order chi connectivity index (χ1) is 18.9. The van der Waals surface area contributed by atoms with Crippen molar-refractivity contribution >= 4 is 28.9 Å². The van der Waals surface area contributed by atoms with Crippen LogP contribution in [0.4, 0.5) is 5.69 Å². The van der Waals surface area contributed by atoms with Crippen molar-refractivity contribution in [3.63, 3.8) is 0 Å². The zero-order chi connectivity index (χ0) is 27.5. The summed E-state index contributed by atoms with van der Waals surface area (Å²) in [6.07, 6.45) is 2.02. The largest absolute Gasteiger partial charge is 0.508 e. The number of pyridine rings is 1. The molecule has 2 atom stereocenters. The molecule has 1 aliphatic rings. The summed E-state index contributed by atoms with van der Waals surface area (Å²) in [6.45, 7) is 4.56. The van der Waals surface area contributed by atoms with Crippen molar-refractivity contribution < 1.29 is 14.6 Å². The number of nitrogens with one attached hydrogen (secondary N) is 2. The van der Waals surface area contributed by atoms with Gasteiger partial charge in [-0.2, -0.15) is 0 Å². The number of ether oxygens (including phenoxy) is 1. The van der Waals surface area contributed by atoms with Gasteiger partial charge in [-0.3, -0.25) is 9.78 Å². The van der Waals surface area contributed by atoms with Crippen LogP contribution in [0.2, 0.25) is 0 Å². The molecule has 8 nitrogen and oxygen atoms in total. The molecule has 1 fully saturated rings. The Morgan fingerprint density at radius 2 is 1.85 bits per heavy atom. The molecule has 0 saturated carbocycles. The van der Waals surface area contributed by atoms with Crippen LogP contribution in [-0.4, -0.2) is 44.2 Å². The summed E-state index contributed by atoms with van der Waals surface area (Å²) in [5, 5.41) is 16.8. The number of carbonyl (C=O) groups excluding carboxylic acids is 1. The molecule has 4 aromatic rings. The third kappa shape index (κ3) is 5.31. The predicted octanol–water partition coefficient (Wildman–Crippen LogP) is 5.20. The molecule has 3 N–H and O–H groups in total. The van der Waals surface area contributed by atoms with E-state index in [2.05, 4.69) is 45.0 Å². The lowest BCUT2D eigenvalue weighted by Gasteiger charge is -2.28. The van der Waals surface area contributed by atoms with Crippen LogP contribution in [0.25, 0.3) is 5.69 Å². The molecule has 0 aliphatic carbocycles. The molecule has 1 amide bonds. The van der Waals surface area contributed by atoms with Crippen molar-refractivity contribution in [2.75, 3.05) is 19.0 Å². The Hall–Kier alpha value is -4.37. The number of thiocarbonyl (C=S) groups is 1. The smallest absolute Gasteiger partial charge is 0.226 e. The highest BCUT2D eigenvalue weighted by Crippen LogP contribution is 2.41. The monoisotopic (exact) mass is 541 g/mol. The maximum atomic E-state index is 13.0. The van der Waals surface area contributed by atoms with Gasteiger partial charge in [-0.15, -0.1) is 0 Å². The number of benzene rings is 2. The number of rotatable bonds is 8. The number of phenolic OH excluding ortho intramolecular Hbond substituents is 1. The van der Waals surface area contributed by atoms with Crippen LogP contribution < -0.4 is 15.4 Å². The molecule has 0 bridgehead atoms. The number of phenols is 1. The standard InChI is InChI=1S/C30H31N5O3S/c1-19-18-23(20(2)35(19)21-11-13-22(36)14-12-21)29-28(25-9-6-7-16-31-25)33-30(39)34(29)17-15-27(37)32-24-8-4-5-10-26(24)38-3/h4-14,16,18,28-29,36H,15,17H2,1-3H3,(H,32,37)(H,33,39)/t28-,29+/m1/s1. The summed E-state index contributed by atoms with van der Waals surface area (Å²) in [5.74, 6) is 0.704. The van der Waals surface area contributed by atoms with Gasteiger partial charge in [-0.25, -0.2) is 0 Å². The van der Waals surface area contributed by atoms with Crippen molar-refractivity contribution in [1.29, 1.82) is 0 Å². The zero-order valence-corrected chi connectivity index (χ0v) is 22.9. The van der Waals surface area contributed by atoms with Gasteiger partial charge in [0.2, 0.25) is 5.91 Å². The summed E-state index contributed by atoms with van der Waals surface area (Å²) in [6, 6.07) is 22.2. The van der Waals surface area contributed by atoms with Crippen molar-refractivity contribution in [3.8, 4) is 17.2 Å². The van der Waals surface area contributed by atoms with E-state index in [9.17, 15) is 9.90 Å². The zero-order valence-electron chi connectivity index (χ0n) is 22.1. The molecule has 0 radical (unpaired) electrons. The number of anilines is 1. The summed E-state index contributed by atoms with van der Waals surface area (Å²) in [7, 11) is 1.58. The molecule has 2 aromatic heterocycles. The number of nitrogens with zero attached hydrogens (tertiary/aromatic N) is 3. The van der Waals surface area contributed by atoms with Gasteiger partial charge in [0, 0.05) is 36.2 Å². The third-order valence-corrected chi connectivity index (χ3v) is 7.41. The Balaban J connectivity index is 1.46. The van der Waals surface area contributed by atoms with Crippen molar-refractivity contribution in [2.45, 2.75) is 32.4 Å². The fourth-order valence-corrected chi connectivity index (χ4v) is 5.59. The van der Waals surface area contributed by atoms with Crippen LogP contribution >= 0.6 is 12.2 Å². The van der Waals surface area contributed by atoms with Gasteiger partial charge in [-0.1, -0.05) is 18.2 Å². The van der Waals surface area contributed by atoms with Gasteiger partial charge in [-0.05, 0) is 86.2 Å². The van der Waals surface area contributed by atoms with Crippen LogP contribution in [0, 0.1) is 13.8 Å². The molecular formula is C30H31N5O3S. The number of carbonyl (C=O) groups is 1. The minimum atomic E-state index is -0.190. The Kier molecular flexibility index (Phi) is 7.51. The molecule has 9 heteroatoms. The Morgan fingerprint density at radius 3 is 2.56 bits per heavy atom. The lowest BCUT2D eigenvalue weighted by Crippen LogP contribution is -2.33. The number of hydrogen-bond acceptors (Lipinski definition) is 5. The van der Waals surface area contributed by atoms with Crippen molar-refractivity contribution in [1.82, 2.24) is 19.8 Å². The number of aromatic hydroxyl groups is 1. The number of para-hydroxylation sites is 2. The number of hydrogen-bond donors (Lipinski definition) is 3. The molecule has 2 aromatic carbocycles. The van der Waals surface area contributed by atoms with Gasteiger partial charge in [0.05, 0.1) is 30.6 Å². The van der Waals surface area contributed by atoms with E-state index in [0.717, 1.165) is 28.3 Å². The third-order valence-electron chi connectivity index (χ3n) is 7.06. The van der Waals surface area contributed by atoms with E-state index in [1.807, 2.05) is 54.6 Å². The second-order valence-electron chi connectivity index (χ2n) is 9.50. The average Bonchev–Trinajstić information content (AvgIpc) is 3.43. The minimum Gasteiger partial charge on any atom is -0.508 e. The van der Waals surface area contributed by atoms with Crippen LogP contribution in [0.15, 0.2) is 79.0 Å². The average molecular weight is 542 g/mol. The van der Waals surface area contributed by atoms with Crippen LogP contribution in [0.1, 0.15) is 41.1 Å². The van der Waals surface area contributed by atoms with E-state index in [0.29, 0.717) is 23.1 Å². The second kappa shape index (κ2) is 11.2. The van der Waals surface area contributed by atoms with E-state index in [1.165, 1.54) is 0 Å².